The fraction of sp³-hybridized carbons (Fsp3) is 0.250. The molecule has 0 fully saturated rings. The third-order valence-electron chi connectivity index (χ3n) is 3.45. The van der Waals surface area contributed by atoms with E-state index in [9.17, 15) is 18.0 Å². The number of benzene rings is 1. The minimum Gasteiger partial charge on any atom is -0.300 e. The second-order valence-corrected chi connectivity index (χ2v) is 7.35. The van der Waals surface area contributed by atoms with Crippen molar-refractivity contribution in [3.05, 3.63) is 74.6 Å². The Hall–Kier alpha value is -2.41. The van der Waals surface area contributed by atoms with Crippen molar-refractivity contribution in [1.29, 1.82) is 0 Å². The van der Waals surface area contributed by atoms with Crippen LogP contribution in [0.1, 0.15) is 11.3 Å². The first kappa shape index (κ1) is 17.0. The number of rotatable bonds is 5. The number of sulfone groups is 1. The van der Waals surface area contributed by atoms with Crippen LogP contribution >= 0.6 is 0 Å². The first-order valence-corrected chi connectivity index (χ1v) is 8.80. The zero-order valence-electron chi connectivity index (χ0n) is 13.0. The van der Waals surface area contributed by atoms with Gasteiger partial charge in [0.25, 0.3) is 5.56 Å². The van der Waals surface area contributed by atoms with Crippen molar-refractivity contribution in [3.63, 3.8) is 0 Å². The second-order valence-electron chi connectivity index (χ2n) is 5.24. The van der Waals surface area contributed by atoms with Gasteiger partial charge < -0.3 is 0 Å². The first-order chi connectivity index (χ1) is 10.8. The summed E-state index contributed by atoms with van der Waals surface area (Å²) < 4.78 is 26.5. The highest BCUT2D eigenvalue weighted by atomic mass is 32.2. The standard InChI is InChI=1S/C16H18N2O4S/c1-17-14(11-15(19)18(2)16(17)20)12-23(21,22)10-6-9-13-7-4-3-5-8-13/h3-9,11H,10,12H2,1-2H3. The van der Waals surface area contributed by atoms with E-state index in [4.69, 9.17) is 0 Å². The predicted molar refractivity (Wildman–Crippen MR) is 89.9 cm³/mol. The van der Waals surface area contributed by atoms with E-state index in [1.54, 1.807) is 12.2 Å². The highest BCUT2D eigenvalue weighted by Gasteiger charge is 2.14. The number of hydrogen-bond acceptors (Lipinski definition) is 4. The fourth-order valence-corrected chi connectivity index (χ4v) is 3.33. The van der Waals surface area contributed by atoms with Crippen LogP contribution in [0.25, 0.3) is 6.08 Å². The van der Waals surface area contributed by atoms with Crippen molar-refractivity contribution in [1.82, 2.24) is 9.13 Å². The summed E-state index contributed by atoms with van der Waals surface area (Å²) in [6, 6.07) is 10.5. The van der Waals surface area contributed by atoms with Gasteiger partial charge in [-0.1, -0.05) is 42.5 Å². The van der Waals surface area contributed by atoms with Gasteiger partial charge in [0.2, 0.25) is 0 Å². The second kappa shape index (κ2) is 6.78. The lowest BCUT2D eigenvalue weighted by molar-refractivity contribution is 0.592. The third kappa shape index (κ3) is 4.29. The van der Waals surface area contributed by atoms with E-state index < -0.39 is 21.1 Å². The summed E-state index contributed by atoms with van der Waals surface area (Å²) in [7, 11) is -0.665. The molecule has 0 atom stereocenters. The Bertz CT molecular complexity index is 938. The molecule has 1 aromatic carbocycles. The number of hydrogen-bond donors (Lipinski definition) is 0. The van der Waals surface area contributed by atoms with Crippen LogP contribution in [0.5, 0.6) is 0 Å². The van der Waals surface area contributed by atoms with Gasteiger partial charge in [-0.25, -0.2) is 13.2 Å². The van der Waals surface area contributed by atoms with E-state index in [0.717, 1.165) is 10.1 Å². The van der Waals surface area contributed by atoms with Crippen molar-refractivity contribution in [2.24, 2.45) is 14.1 Å². The number of aromatic nitrogens is 2. The average Bonchev–Trinajstić information content (AvgIpc) is 2.51. The molecule has 0 amide bonds. The average molecular weight is 334 g/mol. The SMILES string of the molecule is Cn1c(CS(=O)(=O)CC=Cc2ccccc2)cc(=O)n(C)c1=O. The zero-order valence-corrected chi connectivity index (χ0v) is 13.8. The molecule has 1 heterocycles. The summed E-state index contributed by atoms with van der Waals surface area (Å²) in [4.78, 5) is 23.5. The Morgan fingerprint density at radius 2 is 1.70 bits per heavy atom. The Morgan fingerprint density at radius 1 is 1.04 bits per heavy atom. The van der Waals surface area contributed by atoms with Crippen LogP contribution in [0.2, 0.25) is 0 Å². The molecule has 2 aromatic rings. The molecule has 0 aliphatic carbocycles. The molecule has 0 bridgehead atoms. The van der Waals surface area contributed by atoms with Crippen LogP contribution in [0.4, 0.5) is 0 Å². The van der Waals surface area contributed by atoms with Crippen molar-refractivity contribution < 1.29 is 8.42 Å². The molecule has 6 nitrogen and oxygen atoms in total. The predicted octanol–water partition coefficient (Wildman–Crippen LogP) is 0.712. The highest BCUT2D eigenvalue weighted by Crippen LogP contribution is 2.05. The van der Waals surface area contributed by atoms with Crippen LogP contribution in [-0.4, -0.2) is 23.3 Å². The molecule has 0 unspecified atom stereocenters. The molecule has 0 aliphatic heterocycles. The molecular weight excluding hydrogens is 316 g/mol. The van der Waals surface area contributed by atoms with Gasteiger partial charge >= 0.3 is 5.69 Å². The normalized spacial score (nSPS) is 11.9. The lowest BCUT2D eigenvalue weighted by Gasteiger charge is -2.09. The van der Waals surface area contributed by atoms with Crippen LogP contribution < -0.4 is 11.2 Å². The molecule has 0 saturated heterocycles. The summed E-state index contributed by atoms with van der Waals surface area (Å²) in [5, 5.41) is 0. The maximum absolute atomic E-state index is 12.2. The Kier molecular flexibility index (Phi) is 5.00. The molecule has 2 rings (SSSR count). The van der Waals surface area contributed by atoms with E-state index >= 15 is 0 Å². The Balaban J connectivity index is 2.18. The van der Waals surface area contributed by atoms with Gasteiger partial charge in [0.1, 0.15) is 0 Å². The van der Waals surface area contributed by atoms with Gasteiger partial charge in [-0.15, -0.1) is 0 Å². The van der Waals surface area contributed by atoms with E-state index in [1.165, 1.54) is 24.7 Å². The lowest BCUT2D eigenvalue weighted by atomic mass is 10.2. The molecule has 0 radical (unpaired) electrons. The van der Waals surface area contributed by atoms with Crippen LogP contribution in [0.15, 0.2) is 52.1 Å². The third-order valence-corrected chi connectivity index (χ3v) is 4.89. The van der Waals surface area contributed by atoms with Crippen molar-refractivity contribution in [2.45, 2.75) is 5.75 Å². The lowest BCUT2D eigenvalue weighted by Crippen LogP contribution is -2.38. The smallest absolute Gasteiger partial charge is 0.300 e. The molecule has 0 spiro atoms. The molecule has 0 saturated carbocycles. The van der Waals surface area contributed by atoms with Crippen LogP contribution in [-0.2, 0) is 29.7 Å². The van der Waals surface area contributed by atoms with Gasteiger partial charge in [0.15, 0.2) is 9.84 Å². The van der Waals surface area contributed by atoms with E-state index in [0.29, 0.717) is 0 Å². The van der Waals surface area contributed by atoms with Crippen LogP contribution in [0, 0.1) is 0 Å². The zero-order chi connectivity index (χ0) is 17.0. The molecular formula is C16H18N2O4S. The minimum absolute atomic E-state index is 0.161. The maximum atomic E-state index is 12.2. The van der Waals surface area contributed by atoms with Gasteiger partial charge in [-0.3, -0.25) is 13.9 Å². The van der Waals surface area contributed by atoms with Crippen molar-refractivity contribution in [3.8, 4) is 0 Å². The molecule has 23 heavy (non-hydrogen) atoms. The van der Waals surface area contributed by atoms with Gasteiger partial charge in [0.05, 0.1) is 11.5 Å². The van der Waals surface area contributed by atoms with Crippen molar-refractivity contribution >= 4 is 15.9 Å². The first-order valence-electron chi connectivity index (χ1n) is 6.98. The van der Waals surface area contributed by atoms with Crippen LogP contribution in [0.3, 0.4) is 0 Å². The molecule has 122 valence electrons. The van der Waals surface area contributed by atoms with E-state index in [-0.39, 0.29) is 17.2 Å². The molecule has 0 N–H and O–H groups in total. The number of nitrogens with zero attached hydrogens (tertiary/aromatic N) is 2. The summed E-state index contributed by atoms with van der Waals surface area (Å²) in [6.07, 6.45) is 3.28. The quantitative estimate of drug-likeness (QED) is 0.807. The molecule has 7 heteroatoms. The summed E-state index contributed by atoms with van der Waals surface area (Å²) in [5.74, 6) is -0.515. The Morgan fingerprint density at radius 3 is 2.35 bits per heavy atom. The molecule has 0 aliphatic rings. The van der Waals surface area contributed by atoms with Gasteiger partial charge in [0, 0.05) is 25.9 Å². The monoisotopic (exact) mass is 334 g/mol. The fourth-order valence-electron chi connectivity index (χ4n) is 2.10. The highest BCUT2D eigenvalue weighted by molar-refractivity contribution is 7.90. The summed E-state index contributed by atoms with van der Waals surface area (Å²) in [5.41, 5.74) is 0.0375. The largest absolute Gasteiger partial charge is 0.330 e. The Labute approximate surface area is 134 Å². The topological polar surface area (TPSA) is 78.1 Å². The van der Waals surface area contributed by atoms with Gasteiger partial charge in [-0.2, -0.15) is 0 Å². The summed E-state index contributed by atoms with van der Waals surface area (Å²) in [6.45, 7) is 0. The summed E-state index contributed by atoms with van der Waals surface area (Å²) >= 11 is 0. The maximum Gasteiger partial charge on any atom is 0.330 e. The van der Waals surface area contributed by atoms with Crippen molar-refractivity contribution in [2.75, 3.05) is 5.75 Å². The van der Waals surface area contributed by atoms with Gasteiger partial charge in [-0.05, 0) is 5.56 Å². The van der Waals surface area contributed by atoms with E-state index in [1.807, 2.05) is 30.3 Å². The minimum atomic E-state index is -3.47. The molecule has 1 aromatic heterocycles. The van der Waals surface area contributed by atoms with E-state index in [2.05, 4.69) is 0 Å².